The molecule has 0 radical (unpaired) electrons. The minimum Gasteiger partial charge on any atom is -0.481 e. The number of carbonyl (C=O) groups excluding carboxylic acids is 1. The van der Waals surface area contributed by atoms with Crippen LogP contribution in [-0.4, -0.2) is 22.6 Å². The summed E-state index contributed by atoms with van der Waals surface area (Å²) in [7, 11) is 1.47. The highest BCUT2D eigenvalue weighted by Gasteiger charge is 2.31. The Labute approximate surface area is 175 Å². The number of nitrogens with one attached hydrogen (secondary N) is 1. The molecule has 1 atom stereocenters. The van der Waals surface area contributed by atoms with Gasteiger partial charge in [0, 0.05) is 12.3 Å². The number of aromatic nitrogens is 2. The first kappa shape index (κ1) is 22.0. The summed E-state index contributed by atoms with van der Waals surface area (Å²) in [5.74, 6) is -0.421. The number of hydrogen-bond donors (Lipinski definition) is 2. The van der Waals surface area contributed by atoms with E-state index in [1.54, 1.807) is 24.3 Å². The Balaban J connectivity index is 1.79. The lowest BCUT2D eigenvalue weighted by Crippen LogP contribution is -2.32. The molecule has 2 aromatic heterocycles. The lowest BCUT2D eigenvalue weighted by atomic mass is 10.0. The number of rotatable bonds is 6. The van der Waals surface area contributed by atoms with Gasteiger partial charge >= 0.3 is 6.18 Å². The molecule has 0 saturated heterocycles. The predicted molar refractivity (Wildman–Crippen MR) is 108 cm³/mol. The number of anilines is 1. The maximum absolute atomic E-state index is 12.9. The molecule has 7 nitrogen and oxygen atoms in total. The van der Waals surface area contributed by atoms with E-state index in [2.05, 4.69) is 10.3 Å². The Morgan fingerprint density at radius 3 is 2.65 bits per heavy atom. The average Bonchev–Trinajstić information content (AvgIpc) is 2.75. The van der Waals surface area contributed by atoms with Gasteiger partial charge in [0.2, 0.25) is 11.8 Å². The molecule has 1 amide bonds. The van der Waals surface area contributed by atoms with Crippen molar-refractivity contribution in [1.82, 2.24) is 9.55 Å². The van der Waals surface area contributed by atoms with Gasteiger partial charge in [-0.1, -0.05) is 18.2 Å². The zero-order valence-corrected chi connectivity index (χ0v) is 16.4. The fourth-order valence-corrected chi connectivity index (χ4v) is 2.86. The molecule has 3 N–H and O–H groups in total. The monoisotopic (exact) mass is 432 g/mol. The van der Waals surface area contributed by atoms with Gasteiger partial charge in [0.1, 0.15) is 11.7 Å². The van der Waals surface area contributed by atoms with Crippen LogP contribution in [0.4, 0.5) is 18.9 Å². The van der Waals surface area contributed by atoms with Gasteiger partial charge in [0.05, 0.1) is 24.9 Å². The zero-order chi connectivity index (χ0) is 22.6. The molecule has 3 rings (SSSR count). The molecule has 10 heteroatoms. The van der Waals surface area contributed by atoms with Gasteiger partial charge in [-0.25, -0.2) is 4.98 Å². The third-order valence-corrected chi connectivity index (χ3v) is 4.46. The average molecular weight is 432 g/mol. The molecule has 0 bridgehead atoms. The number of carbonyl (C=O) groups is 1. The van der Waals surface area contributed by atoms with Gasteiger partial charge in [-0.2, -0.15) is 13.2 Å². The number of ether oxygens (including phenoxy) is 1. The quantitative estimate of drug-likeness (QED) is 0.624. The molecule has 162 valence electrons. The zero-order valence-electron chi connectivity index (χ0n) is 16.4. The number of alkyl halides is 3. The molecular formula is C21H19F3N4O3. The number of amides is 1. The first-order valence-corrected chi connectivity index (χ1v) is 9.12. The highest BCUT2D eigenvalue weighted by molar-refractivity contribution is 5.95. The highest BCUT2D eigenvalue weighted by atomic mass is 19.4. The topological polar surface area (TPSA) is 99.2 Å². The molecular weight excluding hydrogens is 413 g/mol. The van der Waals surface area contributed by atoms with Crippen LogP contribution in [0.15, 0.2) is 65.6 Å². The molecule has 0 aliphatic rings. The maximum Gasteiger partial charge on any atom is 0.416 e. The molecule has 1 unspecified atom stereocenters. The second-order valence-electron chi connectivity index (χ2n) is 6.62. The lowest BCUT2D eigenvalue weighted by Gasteiger charge is -2.15. The predicted octanol–water partition coefficient (Wildman–Crippen LogP) is 2.96. The molecule has 2 heterocycles. The second-order valence-corrected chi connectivity index (χ2v) is 6.62. The number of hydrogen-bond acceptors (Lipinski definition) is 5. The van der Waals surface area contributed by atoms with Crippen LogP contribution in [0.3, 0.4) is 0 Å². The number of methoxy groups -OCH3 is 1. The van der Waals surface area contributed by atoms with Gasteiger partial charge in [-0.3, -0.25) is 9.59 Å². The number of nitrogens with two attached hydrogens (primary N) is 1. The van der Waals surface area contributed by atoms with E-state index >= 15 is 0 Å². The number of halogens is 3. The third kappa shape index (κ3) is 5.28. The van der Waals surface area contributed by atoms with E-state index in [4.69, 9.17) is 10.5 Å². The van der Waals surface area contributed by atoms with E-state index < -0.39 is 29.2 Å². The van der Waals surface area contributed by atoms with Gasteiger partial charge in [0.15, 0.2) is 0 Å². The smallest absolute Gasteiger partial charge is 0.416 e. The summed E-state index contributed by atoms with van der Waals surface area (Å²) in [5, 5.41) is 2.39. The minimum absolute atomic E-state index is 0.0239. The lowest BCUT2D eigenvalue weighted by molar-refractivity contribution is -0.137. The van der Waals surface area contributed by atoms with Crippen LogP contribution in [-0.2, 0) is 17.5 Å². The van der Waals surface area contributed by atoms with Crippen molar-refractivity contribution in [3.05, 3.63) is 88.0 Å². The van der Waals surface area contributed by atoms with Crippen molar-refractivity contribution in [3.8, 4) is 5.88 Å². The van der Waals surface area contributed by atoms with Gasteiger partial charge < -0.3 is 20.4 Å². The van der Waals surface area contributed by atoms with Crippen LogP contribution in [0.2, 0.25) is 0 Å². The summed E-state index contributed by atoms with van der Waals surface area (Å²) in [6.07, 6.45) is -3.04. The van der Waals surface area contributed by atoms with E-state index in [9.17, 15) is 22.8 Å². The Morgan fingerprint density at radius 1 is 1.19 bits per heavy atom. The summed E-state index contributed by atoms with van der Waals surface area (Å²) in [6.45, 7) is 0.124. The van der Waals surface area contributed by atoms with Crippen LogP contribution >= 0.6 is 0 Å². The van der Waals surface area contributed by atoms with Crippen LogP contribution in [0, 0.1) is 0 Å². The maximum atomic E-state index is 12.9. The molecule has 0 saturated carbocycles. The summed E-state index contributed by atoms with van der Waals surface area (Å²) in [5.41, 5.74) is 4.88. The largest absolute Gasteiger partial charge is 0.481 e. The van der Waals surface area contributed by atoms with Crippen molar-refractivity contribution in [2.24, 2.45) is 5.73 Å². The van der Waals surface area contributed by atoms with Crippen LogP contribution < -0.4 is 21.3 Å². The third-order valence-electron chi connectivity index (χ3n) is 4.46. The summed E-state index contributed by atoms with van der Waals surface area (Å²) >= 11 is 0. The summed E-state index contributed by atoms with van der Waals surface area (Å²) < 4.78 is 45.1. The van der Waals surface area contributed by atoms with Crippen molar-refractivity contribution >= 4 is 11.6 Å². The van der Waals surface area contributed by atoms with Gasteiger partial charge in [-0.05, 0) is 35.9 Å². The van der Waals surface area contributed by atoms with Crippen molar-refractivity contribution in [2.45, 2.75) is 18.8 Å². The van der Waals surface area contributed by atoms with E-state index in [0.717, 1.165) is 12.1 Å². The fourth-order valence-electron chi connectivity index (χ4n) is 2.86. The summed E-state index contributed by atoms with van der Waals surface area (Å²) in [6, 6.07) is 10.8. The Bertz CT molecular complexity index is 1140. The van der Waals surface area contributed by atoms with Crippen molar-refractivity contribution in [1.29, 1.82) is 0 Å². The molecule has 0 aliphatic heterocycles. The van der Waals surface area contributed by atoms with E-state index in [1.165, 1.54) is 36.1 Å². The molecule has 1 aromatic carbocycles. The van der Waals surface area contributed by atoms with Crippen LogP contribution in [0.25, 0.3) is 0 Å². The van der Waals surface area contributed by atoms with Gasteiger partial charge in [0.25, 0.3) is 5.56 Å². The SMILES string of the molecule is COc1cccc(Cn2cccc(NC(=O)C(N)c3cccc(C(F)(F)F)c3)c2=O)n1. The van der Waals surface area contributed by atoms with Crippen LogP contribution in [0.1, 0.15) is 22.9 Å². The standard InChI is InChI=1S/C21H19F3N4O3/c1-31-17-9-3-7-15(26-17)12-28-10-4-8-16(20(28)30)27-19(29)18(25)13-5-2-6-14(11-13)21(22,23)24/h2-11,18H,12,25H2,1H3,(H,27,29). The fraction of sp³-hybridized carbons (Fsp3) is 0.190. The molecule has 31 heavy (non-hydrogen) atoms. The highest BCUT2D eigenvalue weighted by Crippen LogP contribution is 2.30. The van der Waals surface area contributed by atoms with Gasteiger partial charge in [-0.15, -0.1) is 0 Å². The molecule has 3 aromatic rings. The Morgan fingerprint density at radius 2 is 1.94 bits per heavy atom. The van der Waals surface area contributed by atoms with E-state index in [-0.39, 0.29) is 17.8 Å². The first-order valence-electron chi connectivity index (χ1n) is 9.12. The Hall–Kier alpha value is -3.66. The van der Waals surface area contributed by atoms with Crippen molar-refractivity contribution in [2.75, 3.05) is 12.4 Å². The number of pyridine rings is 2. The van der Waals surface area contributed by atoms with Crippen molar-refractivity contribution in [3.63, 3.8) is 0 Å². The number of benzene rings is 1. The van der Waals surface area contributed by atoms with E-state index in [1.807, 2.05) is 0 Å². The minimum atomic E-state index is -4.56. The van der Waals surface area contributed by atoms with E-state index in [0.29, 0.717) is 11.6 Å². The molecule has 0 fully saturated rings. The normalized spacial score (nSPS) is 12.3. The molecule has 0 spiro atoms. The van der Waals surface area contributed by atoms with Crippen molar-refractivity contribution < 1.29 is 22.7 Å². The first-order chi connectivity index (χ1) is 14.7. The summed E-state index contributed by atoms with van der Waals surface area (Å²) in [4.78, 5) is 29.4. The second kappa shape index (κ2) is 9.00. The molecule has 0 aliphatic carbocycles. The Kier molecular flexibility index (Phi) is 6.40. The van der Waals surface area contributed by atoms with Crippen LogP contribution in [0.5, 0.6) is 5.88 Å². The number of nitrogens with zero attached hydrogens (tertiary/aromatic N) is 2.